The summed E-state index contributed by atoms with van der Waals surface area (Å²) >= 11 is 0. The number of sulfonamides is 1. The van der Waals surface area contributed by atoms with E-state index >= 15 is 0 Å². The smallest absolute Gasteiger partial charge is 0.214 e. The molecule has 0 radical (unpaired) electrons. The molecule has 0 bridgehead atoms. The number of hydrogen-bond donors (Lipinski definition) is 1. The quantitative estimate of drug-likeness (QED) is 0.480. The van der Waals surface area contributed by atoms with Crippen molar-refractivity contribution < 1.29 is 8.42 Å². The van der Waals surface area contributed by atoms with Gasteiger partial charge in [-0.2, -0.15) is 4.31 Å². The van der Waals surface area contributed by atoms with Crippen molar-refractivity contribution in [3.8, 4) is 0 Å². The highest BCUT2D eigenvalue weighted by atomic mass is 32.2. The lowest BCUT2D eigenvalue weighted by atomic mass is 10.3. The molecule has 5 heteroatoms. The largest absolute Gasteiger partial charge is 0.315 e. The monoisotopic (exact) mass is 262 g/mol. The van der Waals surface area contributed by atoms with Crippen molar-refractivity contribution in [2.24, 2.45) is 0 Å². The molecule has 0 amide bonds. The van der Waals surface area contributed by atoms with E-state index in [-0.39, 0.29) is 5.75 Å². The maximum Gasteiger partial charge on any atom is 0.214 e. The SMILES string of the molecule is C=CCN(CC)S(=O)(=O)CCCCNC(C)C. The average molecular weight is 262 g/mol. The van der Waals surface area contributed by atoms with E-state index < -0.39 is 10.0 Å². The van der Waals surface area contributed by atoms with Gasteiger partial charge in [-0.1, -0.05) is 26.8 Å². The van der Waals surface area contributed by atoms with Crippen LogP contribution >= 0.6 is 0 Å². The third-order valence-electron chi connectivity index (χ3n) is 2.46. The van der Waals surface area contributed by atoms with Crippen LogP contribution in [0.15, 0.2) is 12.7 Å². The number of nitrogens with zero attached hydrogens (tertiary/aromatic N) is 1. The Labute approximate surface area is 106 Å². The van der Waals surface area contributed by atoms with Crippen LogP contribution in [0.3, 0.4) is 0 Å². The van der Waals surface area contributed by atoms with Crippen LogP contribution in [0.5, 0.6) is 0 Å². The zero-order valence-electron chi connectivity index (χ0n) is 11.3. The van der Waals surface area contributed by atoms with Gasteiger partial charge in [-0.25, -0.2) is 8.42 Å². The number of unbranched alkanes of at least 4 members (excludes halogenated alkanes) is 1. The standard InChI is InChI=1S/C12H26N2O2S/c1-5-10-14(6-2)17(15,16)11-8-7-9-13-12(3)4/h5,12-13H,1,6-11H2,2-4H3. The molecule has 0 aliphatic carbocycles. The molecule has 0 aliphatic heterocycles. The topological polar surface area (TPSA) is 49.4 Å². The van der Waals surface area contributed by atoms with Crippen LogP contribution in [0.25, 0.3) is 0 Å². The van der Waals surface area contributed by atoms with Crippen LogP contribution < -0.4 is 5.32 Å². The van der Waals surface area contributed by atoms with Crippen molar-refractivity contribution in [3.05, 3.63) is 12.7 Å². The van der Waals surface area contributed by atoms with Gasteiger partial charge in [0, 0.05) is 19.1 Å². The summed E-state index contributed by atoms with van der Waals surface area (Å²) in [5.41, 5.74) is 0. The Hall–Kier alpha value is -0.390. The van der Waals surface area contributed by atoms with E-state index in [4.69, 9.17) is 0 Å². The number of rotatable bonds is 10. The second kappa shape index (κ2) is 8.66. The second-order valence-corrected chi connectivity index (χ2v) is 6.46. The van der Waals surface area contributed by atoms with E-state index in [9.17, 15) is 8.42 Å². The Morgan fingerprint density at radius 3 is 2.47 bits per heavy atom. The first kappa shape index (κ1) is 16.6. The van der Waals surface area contributed by atoms with Crippen molar-refractivity contribution >= 4 is 10.0 Å². The van der Waals surface area contributed by atoms with Crippen molar-refractivity contribution in [2.45, 2.75) is 39.7 Å². The van der Waals surface area contributed by atoms with Gasteiger partial charge in [-0.3, -0.25) is 0 Å². The maximum atomic E-state index is 11.9. The van der Waals surface area contributed by atoms with Crippen LogP contribution in [0.2, 0.25) is 0 Å². The lowest BCUT2D eigenvalue weighted by molar-refractivity contribution is 0.457. The molecular weight excluding hydrogens is 236 g/mol. The molecular formula is C12H26N2O2S. The van der Waals surface area contributed by atoms with Gasteiger partial charge in [0.25, 0.3) is 0 Å². The zero-order chi connectivity index (χ0) is 13.3. The summed E-state index contributed by atoms with van der Waals surface area (Å²) in [6.07, 6.45) is 3.22. The first-order valence-corrected chi connectivity index (χ1v) is 7.87. The van der Waals surface area contributed by atoms with E-state index in [1.54, 1.807) is 6.08 Å². The summed E-state index contributed by atoms with van der Waals surface area (Å²) in [5, 5.41) is 3.28. The van der Waals surface area contributed by atoms with Gasteiger partial charge in [0.15, 0.2) is 0 Å². The third kappa shape index (κ3) is 7.52. The third-order valence-corrected chi connectivity index (χ3v) is 4.46. The Morgan fingerprint density at radius 1 is 1.35 bits per heavy atom. The highest BCUT2D eigenvalue weighted by Crippen LogP contribution is 2.04. The van der Waals surface area contributed by atoms with E-state index in [1.165, 1.54) is 4.31 Å². The molecule has 0 spiro atoms. The van der Waals surface area contributed by atoms with Crippen LogP contribution in [0.4, 0.5) is 0 Å². The highest BCUT2D eigenvalue weighted by molar-refractivity contribution is 7.89. The lowest BCUT2D eigenvalue weighted by Crippen LogP contribution is -2.33. The summed E-state index contributed by atoms with van der Waals surface area (Å²) in [7, 11) is -3.10. The van der Waals surface area contributed by atoms with Crippen molar-refractivity contribution in [2.75, 3.05) is 25.4 Å². The average Bonchev–Trinajstić information content (AvgIpc) is 2.24. The van der Waals surface area contributed by atoms with Gasteiger partial charge in [0.2, 0.25) is 10.0 Å². The predicted molar refractivity (Wildman–Crippen MR) is 73.6 cm³/mol. The fourth-order valence-electron chi connectivity index (χ4n) is 1.51. The molecule has 17 heavy (non-hydrogen) atoms. The van der Waals surface area contributed by atoms with E-state index in [0.717, 1.165) is 13.0 Å². The van der Waals surface area contributed by atoms with Crippen molar-refractivity contribution in [3.63, 3.8) is 0 Å². The van der Waals surface area contributed by atoms with Crippen molar-refractivity contribution in [1.29, 1.82) is 0 Å². The molecule has 0 aromatic rings. The van der Waals surface area contributed by atoms with Crippen LogP contribution in [0.1, 0.15) is 33.6 Å². The maximum absolute atomic E-state index is 11.9. The normalized spacial score (nSPS) is 12.3. The molecule has 0 saturated carbocycles. The minimum absolute atomic E-state index is 0.231. The number of nitrogens with one attached hydrogen (secondary N) is 1. The van der Waals surface area contributed by atoms with Crippen LogP contribution in [0, 0.1) is 0 Å². The molecule has 4 nitrogen and oxygen atoms in total. The van der Waals surface area contributed by atoms with Gasteiger partial charge in [-0.15, -0.1) is 6.58 Å². The summed E-state index contributed by atoms with van der Waals surface area (Å²) in [4.78, 5) is 0. The van der Waals surface area contributed by atoms with Crippen molar-refractivity contribution in [1.82, 2.24) is 9.62 Å². The Kier molecular flexibility index (Phi) is 8.47. The van der Waals surface area contributed by atoms with Gasteiger partial charge < -0.3 is 5.32 Å². The predicted octanol–water partition coefficient (Wildman–Crippen LogP) is 1.60. The summed E-state index contributed by atoms with van der Waals surface area (Å²) in [6.45, 7) is 11.4. The minimum Gasteiger partial charge on any atom is -0.315 e. The molecule has 1 N–H and O–H groups in total. The molecule has 0 heterocycles. The molecule has 0 aliphatic rings. The number of hydrogen-bond acceptors (Lipinski definition) is 3. The molecule has 0 fully saturated rings. The molecule has 0 atom stereocenters. The Bertz CT molecular complexity index is 300. The fourth-order valence-corrected chi connectivity index (χ4v) is 3.07. The van der Waals surface area contributed by atoms with Gasteiger partial charge in [0.05, 0.1) is 5.75 Å². The minimum atomic E-state index is -3.10. The molecule has 0 saturated heterocycles. The van der Waals surface area contributed by atoms with E-state index in [1.807, 2.05) is 6.92 Å². The molecule has 0 rings (SSSR count). The van der Waals surface area contributed by atoms with Crippen LogP contribution in [-0.2, 0) is 10.0 Å². The first-order chi connectivity index (χ1) is 7.94. The van der Waals surface area contributed by atoms with Gasteiger partial charge >= 0.3 is 0 Å². The molecule has 0 unspecified atom stereocenters. The second-order valence-electron chi connectivity index (χ2n) is 4.37. The molecule has 0 aromatic heterocycles. The zero-order valence-corrected chi connectivity index (χ0v) is 12.1. The molecule has 102 valence electrons. The Balaban J connectivity index is 3.96. The Morgan fingerprint density at radius 2 is 2.00 bits per heavy atom. The first-order valence-electron chi connectivity index (χ1n) is 6.26. The summed E-state index contributed by atoms with van der Waals surface area (Å²) in [5.74, 6) is 0.231. The van der Waals surface area contributed by atoms with Gasteiger partial charge in [-0.05, 0) is 19.4 Å². The highest BCUT2D eigenvalue weighted by Gasteiger charge is 2.18. The summed E-state index contributed by atoms with van der Waals surface area (Å²) in [6, 6.07) is 0.458. The number of likely N-dealkylation sites (N-methyl/N-ethyl adjacent to an activating group) is 1. The lowest BCUT2D eigenvalue weighted by Gasteiger charge is -2.18. The fraction of sp³-hybridized carbons (Fsp3) is 0.833. The summed E-state index contributed by atoms with van der Waals surface area (Å²) < 4.78 is 25.3. The molecule has 0 aromatic carbocycles. The van der Waals surface area contributed by atoms with Crippen LogP contribution in [-0.4, -0.2) is 44.2 Å². The van der Waals surface area contributed by atoms with E-state index in [0.29, 0.717) is 25.6 Å². The van der Waals surface area contributed by atoms with Gasteiger partial charge in [0.1, 0.15) is 0 Å². The van der Waals surface area contributed by atoms with E-state index in [2.05, 4.69) is 25.7 Å².